The van der Waals surface area contributed by atoms with E-state index in [4.69, 9.17) is 9.15 Å². The number of ether oxygens (including phenoxy) is 1. The normalized spacial score (nSPS) is 17.5. The highest BCUT2D eigenvalue weighted by Crippen LogP contribution is 2.19. The van der Waals surface area contributed by atoms with E-state index in [1.165, 1.54) is 6.07 Å². The zero-order valence-electron chi connectivity index (χ0n) is 12.3. The summed E-state index contributed by atoms with van der Waals surface area (Å²) >= 11 is 0. The molecule has 0 bridgehead atoms. The van der Waals surface area contributed by atoms with Gasteiger partial charge in [-0.25, -0.2) is 4.79 Å². The van der Waals surface area contributed by atoms with Crippen molar-refractivity contribution in [2.75, 3.05) is 13.1 Å². The van der Waals surface area contributed by atoms with Crippen LogP contribution in [0.3, 0.4) is 0 Å². The molecule has 1 atom stereocenters. The number of benzene rings is 1. The molecule has 2 heterocycles. The zero-order chi connectivity index (χ0) is 15.5. The van der Waals surface area contributed by atoms with Crippen LogP contribution in [-0.4, -0.2) is 30.0 Å². The summed E-state index contributed by atoms with van der Waals surface area (Å²) in [5.74, 6) is 1.01. The van der Waals surface area contributed by atoms with Gasteiger partial charge in [0.15, 0.2) is 0 Å². The summed E-state index contributed by atoms with van der Waals surface area (Å²) in [4.78, 5) is 25.5. The van der Waals surface area contributed by atoms with E-state index in [1.807, 2.05) is 30.3 Å². The van der Waals surface area contributed by atoms with Crippen molar-refractivity contribution in [2.45, 2.75) is 19.4 Å². The summed E-state index contributed by atoms with van der Waals surface area (Å²) in [6.07, 6.45) is 0.645. The van der Waals surface area contributed by atoms with Crippen LogP contribution in [0.25, 0.3) is 0 Å². The first-order valence-electron chi connectivity index (χ1n) is 7.24. The maximum absolute atomic E-state index is 12.4. The van der Waals surface area contributed by atoms with Gasteiger partial charge in [-0.1, -0.05) is 18.2 Å². The Kier molecular flexibility index (Phi) is 3.96. The number of aryl methyl sites for hydroxylation is 1. The van der Waals surface area contributed by atoms with Gasteiger partial charge in [-0.15, -0.1) is 0 Å². The number of hydrogen-bond acceptors (Lipinski definition) is 4. The van der Waals surface area contributed by atoms with Gasteiger partial charge in [-0.05, 0) is 19.1 Å². The molecule has 0 aliphatic carbocycles. The third-order valence-electron chi connectivity index (χ3n) is 3.62. The molecule has 1 aliphatic heterocycles. The minimum atomic E-state index is -0.426. The lowest BCUT2D eigenvalue weighted by atomic mass is 10.2. The van der Waals surface area contributed by atoms with Gasteiger partial charge in [0.2, 0.25) is 0 Å². The predicted octanol–water partition coefficient (Wildman–Crippen LogP) is 2.24. The molecule has 1 aromatic carbocycles. The Morgan fingerprint density at radius 1 is 1.27 bits per heavy atom. The fraction of sp³-hybridized carbons (Fsp3) is 0.294. The zero-order valence-corrected chi connectivity index (χ0v) is 12.3. The first-order valence-corrected chi connectivity index (χ1v) is 7.24. The molecule has 2 aromatic rings. The van der Waals surface area contributed by atoms with Crippen molar-refractivity contribution < 1.29 is 13.9 Å². The standard InChI is InChI=1S/C17H17NO4/c1-12-9-15(10-16(19)21-12)22-14-7-8-18(11-14)17(20)13-5-3-2-4-6-13/h2-6,9-10,14H,7-8,11H2,1H3. The van der Waals surface area contributed by atoms with E-state index in [9.17, 15) is 9.59 Å². The van der Waals surface area contributed by atoms with E-state index in [-0.39, 0.29) is 12.0 Å². The molecule has 0 radical (unpaired) electrons. The fourth-order valence-electron chi connectivity index (χ4n) is 2.61. The molecular weight excluding hydrogens is 282 g/mol. The molecule has 5 nitrogen and oxygen atoms in total. The Morgan fingerprint density at radius 3 is 2.77 bits per heavy atom. The molecule has 0 spiro atoms. The van der Waals surface area contributed by atoms with Gasteiger partial charge in [0, 0.05) is 24.6 Å². The van der Waals surface area contributed by atoms with Crippen LogP contribution in [0.5, 0.6) is 5.75 Å². The van der Waals surface area contributed by atoms with Crippen LogP contribution >= 0.6 is 0 Å². The Hall–Kier alpha value is -2.56. The second kappa shape index (κ2) is 6.05. The van der Waals surface area contributed by atoms with Crippen LogP contribution in [-0.2, 0) is 0 Å². The molecule has 1 aliphatic rings. The van der Waals surface area contributed by atoms with Crippen LogP contribution in [0.1, 0.15) is 22.5 Å². The van der Waals surface area contributed by atoms with Gasteiger partial charge >= 0.3 is 5.63 Å². The van der Waals surface area contributed by atoms with Crippen LogP contribution < -0.4 is 10.4 Å². The van der Waals surface area contributed by atoms with Gasteiger partial charge in [-0.3, -0.25) is 4.79 Å². The van der Waals surface area contributed by atoms with E-state index in [0.29, 0.717) is 30.2 Å². The van der Waals surface area contributed by atoms with Crippen molar-refractivity contribution in [3.05, 3.63) is 64.2 Å². The van der Waals surface area contributed by atoms with Crippen molar-refractivity contribution in [3.63, 3.8) is 0 Å². The SMILES string of the molecule is Cc1cc(OC2CCN(C(=O)c3ccccc3)C2)cc(=O)o1. The summed E-state index contributed by atoms with van der Waals surface area (Å²) in [7, 11) is 0. The maximum atomic E-state index is 12.4. The van der Waals surface area contributed by atoms with E-state index in [2.05, 4.69) is 0 Å². The molecule has 114 valence electrons. The molecule has 1 unspecified atom stereocenters. The maximum Gasteiger partial charge on any atom is 0.339 e. The number of likely N-dealkylation sites (tertiary alicyclic amines) is 1. The van der Waals surface area contributed by atoms with Crippen LogP contribution in [0.15, 0.2) is 51.7 Å². The number of amides is 1. The number of rotatable bonds is 3. The molecule has 1 saturated heterocycles. The lowest BCUT2D eigenvalue weighted by Gasteiger charge is -2.17. The topological polar surface area (TPSA) is 59.8 Å². The van der Waals surface area contributed by atoms with Crippen molar-refractivity contribution in [2.24, 2.45) is 0 Å². The van der Waals surface area contributed by atoms with Crippen LogP contribution in [0.4, 0.5) is 0 Å². The summed E-state index contributed by atoms with van der Waals surface area (Å²) in [5.41, 5.74) is 0.254. The quantitative estimate of drug-likeness (QED) is 0.872. The number of carbonyl (C=O) groups excluding carboxylic acids is 1. The minimum Gasteiger partial charge on any atom is -0.488 e. The molecule has 3 rings (SSSR count). The largest absolute Gasteiger partial charge is 0.488 e. The van der Waals surface area contributed by atoms with E-state index < -0.39 is 5.63 Å². The summed E-state index contributed by atoms with van der Waals surface area (Å²) in [5, 5.41) is 0. The molecule has 22 heavy (non-hydrogen) atoms. The van der Waals surface area contributed by atoms with Crippen LogP contribution in [0.2, 0.25) is 0 Å². The van der Waals surface area contributed by atoms with Gasteiger partial charge < -0.3 is 14.1 Å². The molecular formula is C17H17NO4. The first kappa shape index (κ1) is 14.4. The molecule has 1 fully saturated rings. The molecule has 0 saturated carbocycles. The molecule has 1 amide bonds. The third kappa shape index (κ3) is 3.19. The second-order valence-electron chi connectivity index (χ2n) is 5.37. The smallest absolute Gasteiger partial charge is 0.339 e. The van der Waals surface area contributed by atoms with E-state index in [0.717, 1.165) is 6.42 Å². The number of carbonyl (C=O) groups is 1. The van der Waals surface area contributed by atoms with Gasteiger partial charge in [0.25, 0.3) is 5.91 Å². The monoisotopic (exact) mass is 299 g/mol. The van der Waals surface area contributed by atoms with Gasteiger partial charge in [-0.2, -0.15) is 0 Å². The van der Waals surface area contributed by atoms with Crippen LogP contribution in [0, 0.1) is 6.92 Å². The van der Waals surface area contributed by atoms with Gasteiger partial charge in [0.1, 0.15) is 17.6 Å². The summed E-state index contributed by atoms with van der Waals surface area (Å²) in [6, 6.07) is 12.2. The fourth-order valence-corrected chi connectivity index (χ4v) is 2.61. The van der Waals surface area contributed by atoms with Gasteiger partial charge in [0.05, 0.1) is 12.6 Å². The van der Waals surface area contributed by atoms with Crippen molar-refractivity contribution in [1.82, 2.24) is 4.90 Å². The second-order valence-corrected chi connectivity index (χ2v) is 5.37. The number of hydrogen-bond donors (Lipinski definition) is 0. The average Bonchev–Trinajstić information content (AvgIpc) is 2.95. The van der Waals surface area contributed by atoms with Crippen molar-refractivity contribution in [1.29, 1.82) is 0 Å². The highest BCUT2D eigenvalue weighted by atomic mass is 16.5. The number of nitrogens with zero attached hydrogens (tertiary/aromatic N) is 1. The predicted molar refractivity (Wildman–Crippen MR) is 81.1 cm³/mol. The first-order chi connectivity index (χ1) is 10.6. The highest BCUT2D eigenvalue weighted by Gasteiger charge is 2.28. The Balaban J connectivity index is 1.65. The Bertz CT molecular complexity index is 723. The molecule has 1 aromatic heterocycles. The van der Waals surface area contributed by atoms with Crippen molar-refractivity contribution in [3.8, 4) is 5.75 Å². The summed E-state index contributed by atoms with van der Waals surface area (Å²) in [6.45, 7) is 2.87. The van der Waals surface area contributed by atoms with E-state index in [1.54, 1.807) is 17.9 Å². The molecule has 5 heteroatoms. The lowest BCUT2D eigenvalue weighted by molar-refractivity contribution is 0.0772. The van der Waals surface area contributed by atoms with E-state index >= 15 is 0 Å². The average molecular weight is 299 g/mol. The minimum absolute atomic E-state index is 0.00968. The Labute approximate surface area is 128 Å². The highest BCUT2D eigenvalue weighted by molar-refractivity contribution is 5.94. The third-order valence-corrected chi connectivity index (χ3v) is 3.62. The molecule has 0 N–H and O–H groups in total. The summed E-state index contributed by atoms with van der Waals surface area (Å²) < 4.78 is 10.7. The lowest BCUT2D eigenvalue weighted by Crippen LogP contribution is -2.30. The van der Waals surface area contributed by atoms with Crippen molar-refractivity contribution >= 4 is 5.91 Å². The Morgan fingerprint density at radius 2 is 2.05 bits per heavy atom.